The molecule has 4 heteroatoms. The highest BCUT2D eigenvalue weighted by atomic mass is 16.5. The third-order valence-corrected chi connectivity index (χ3v) is 2.80. The number of rotatable bonds is 4. The van der Waals surface area contributed by atoms with Gasteiger partial charge < -0.3 is 15.2 Å². The second kappa shape index (κ2) is 5.16. The first-order valence-corrected chi connectivity index (χ1v) is 5.81. The van der Waals surface area contributed by atoms with Crippen LogP contribution in [0.25, 0.3) is 0 Å². The van der Waals surface area contributed by atoms with Gasteiger partial charge in [0, 0.05) is 12.2 Å². The molecule has 1 aromatic rings. The maximum Gasteiger partial charge on any atom is 0.257 e. The molecule has 0 amide bonds. The summed E-state index contributed by atoms with van der Waals surface area (Å²) in [7, 11) is 0. The first-order chi connectivity index (χ1) is 7.81. The van der Waals surface area contributed by atoms with Gasteiger partial charge in [0.2, 0.25) is 0 Å². The van der Waals surface area contributed by atoms with Crippen molar-refractivity contribution in [2.24, 2.45) is 5.73 Å². The summed E-state index contributed by atoms with van der Waals surface area (Å²) in [6.45, 7) is 2.55. The number of nitrogens with two attached hydrogens (primary N) is 1. The summed E-state index contributed by atoms with van der Waals surface area (Å²) in [6.07, 6.45) is 4.94. The highest BCUT2D eigenvalue weighted by Crippen LogP contribution is 2.28. The van der Waals surface area contributed by atoms with Crippen LogP contribution in [0, 0.1) is 0 Å². The highest BCUT2D eigenvalue weighted by Gasteiger charge is 2.26. The lowest BCUT2D eigenvalue weighted by atomic mass is 10.2. The Morgan fingerprint density at radius 3 is 3.06 bits per heavy atom. The first kappa shape index (κ1) is 11.2. The van der Waals surface area contributed by atoms with Crippen molar-refractivity contribution < 1.29 is 9.47 Å². The van der Waals surface area contributed by atoms with Crippen LogP contribution in [0.5, 0.6) is 11.6 Å². The molecule has 1 aromatic heterocycles. The van der Waals surface area contributed by atoms with Crippen LogP contribution in [0.1, 0.15) is 26.2 Å². The van der Waals surface area contributed by atoms with E-state index in [1.165, 1.54) is 0 Å². The topological polar surface area (TPSA) is 57.4 Å². The fourth-order valence-electron chi connectivity index (χ4n) is 1.97. The number of nitrogens with zero attached hydrogens (tertiary/aromatic N) is 1. The van der Waals surface area contributed by atoms with Gasteiger partial charge in [-0.1, -0.05) is 0 Å². The van der Waals surface area contributed by atoms with Crippen molar-refractivity contribution >= 4 is 0 Å². The molecular formula is C12H18N2O2. The monoisotopic (exact) mass is 222 g/mol. The molecule has 88 valence electrons. The minimum Gasteiger partial charge on any atom is -0.488 e. The molecule has 1 heterocycles. The molecule has 0 radical (unpaired) electrons. The molecule has 2 atom stereocenters. The van der Waals surface area contributed by atoms with Gasteiger partial charge in [0.15, 0.2) is 5.75 Å². The molecule has 0 saturated heterocycles. The van der Waals surface area contributed by atoms with Crippen LogP contribution in [0.4, 0.5) is 0 Å². The molecule has 1 fully saturated rings. The fraction of sp³-hybridized carbons (Fsp3) is 0.583. The Kier molecular flexibility index (Phi) is 3.62. The standard InChI is InChI=1S/C12H18N2O2/c1-2-15-11-7-4-8-14-12(11)16-10-6-3-5-9(10)13/h4,7-10H,2-3,5-6,13H2,1H3. The van der Waals surface area contributed by atoms with Crippen LogP contribution >= 0.6 is 0 Å². The van der Waals surface area contributed by atoms with Crippen molar-refractivity contribution in [2.75, 3.05) is 6.61 Å². The van der Waals surface area contributed by atoms with Crippen molar-refractivity contribution in [1.29, 1.82) is 0 Å². The van der Waals surface area contributed by atoms with Crippen LogP contribution in [0.2, 0.25) is 0 Å². The lowest BCUT2D eigenvalue weighted by Crippen LogP contribution is -2.33. The second-order valence-electron chi connectivity index (χ2n) is 3.99. The number of hydrogen-bond acceptors (Lipinski definition) is 4. The van der Waals surface area contributed by atoms with Gasteiger partial charge >= 0.3 is 0 Å². The van der Waals surface area contributed by atoms with Crippen LogP contribution in [-0.2, 0) is 0 Å². The zero-order valence-corrected chi connectivity index (χ0v) is 9.56. The number of ether oxygens (including phenoxy) is 2. The van der Waals surface area contributed by atoms with Crippen LogP contribution in [-0.4, -0.2) is 23.7 Å². The Hall–Kier alpha value is -1.29. The molecule has 4 nitrogen and oxygen atoms in total. The van der Waals surface area contributed by atoms with Crippen LogP contribution in [0.3, 0.4) is 0 Å². The van der Waals surface area contributed by atoms with Crippen molar-refractivity contribution in [3.05, 3.63) is 18.3 Å². The summed E-state index contributed by atoms with van der Waals surface area (Å²) < 4.78 is 11.3. The molecule has 0 bridgehead atoms. The zero-order chi connectivity index (χ0) is 11.4. The molecule has 1 aliphatic carbocycles. The van der Waals surface area contributed by atoms with E-state index in [2.05, 4.69) is 4.98 Å². The normalized spacial score (nSPS) is 24.4. The summed E-state index contributed by atoms with van der Waals surface area (Å²) in [4.78, 5) is 4.19. The zero-order valence-electron chi connectivity index (χ0n) is 9.56. The van der Waals surface area contributed by atoms with E-state index in [0.717, 1.165) is 19.3 Å². The third-order valence-electron chi connectivity index (χ3n) is 2.80. The Morgan fingerprint density at radius 1 is 1.50 bits per heavy atom. The van der Waals surface area contributed by atoms with Crippen LogP contribution < -0.4 is 15.2 Å². The quantitative estimate of drug-likeness (QED) is 0.843. The van der Waals surface area contributed by atoms with Gasteiger partial charge in [0.25, 0.3) is 5.88 Å². The van der Waals surface area contributed by atoms with E-state index in [1.807, 2.05) is 19.1 Å². The van der Waals surface area contributed by atoms with Crippen molar-refractivity contribution in [1.82, 2.24) is 4.98 Å². The summed E-state index contributed by atoms with van der Waals surface area (Å²) >= 11 is 0. The molecule has 1 aliphatic rings. The number of hydrogen-bond donors (Lipinski definition) is 1. The highest BCUT2D eigenvalue weighted by molar-refractivity contribution is 5.32. The van der Waals surface area contributed by atoms with Crippen molar-refractivity contribution in [3.8, 4) is 11.6 Å². The minimum atomic E-state index is 0.0779. The summed E-state index contributed by atoms with van der Waals surface area (Å²) in [6, 6.07) is 3.83. The van der Waals surface area contributed by atoms with Crippen molar-refractivity contribution in [2.45, 2.75) is 38.3 Å². The third kappa shape index (κ3) is 2.44. The Bertz CT molecular complexity index is 344. The van der Waals surface area contributed by atoms with Crippen LogP contribution in [0.15, 0.2) is 18.3 Å². The predicted octanol–water partition coefficient (Wildman–Crippen LogP) is 1.74. The second-order valence-corrected chi connectivity index (χ2v) is 3.99. The lowest BCUT2D eigenvalue weighted by Gasteiger charge is -2.18. The number of aromatic nitrogens is 1. The molecule has 0 aliphatic heterocycles. The van der Waals surface area contributed by atoms with Gasteiger partial charge in [-0.3, -0.25) is 0 Å². The van der Waals surface area contributed by atoms with E-state index >= 15 is 0 Å². The molecule has 2 unspecified atom stereocenters. The minimum absolute atomic E-state index is 0.0779. The van der Waals surface area contributed by atoms with Gasteiger partial charge in [-0.15, -0.1) is 0 Å². The first-order valence-electron chi connectivity index (χ1n) is 5.81. The molecule has 0 aromatic carbocycles. The van der Waals surface area contributed by atoms with Crippen molar-refractivity contribution in [3.63, 3.8) is 0 Å². The predicted molar refractivity (Wildman–Crippen MR) is 61.6 cm³/mol. The molecular weight excluding hydrogens is 204 g/mol. The van der Waals surface area contributed by atoms with E-state index in [-0.39, 0.29) is 12.1 Å². The molecule has 1 saturated carbocycles. The summed E-state index contributed by atoms with van der Waals surface area (Å²) in [5.41, 5.74) is 5.96. The van der Waals surface area contributed by atoms with Gasteiger partial charge in [-0.2, -0.15) is 0 Å². The van der Waals surface area contributed by atoms with E-state index in [0.29, 0.717) is 18.2 Å². The van der Waals surface area contributed by atoms with E-state index < -0.39 is 0 Å². The molecule has 2 rings (SSSR count). The number of pyridine rings is 1. The Morgan fingerprint density at radius 2 is 2.38 bits per heavy atom. The molecule has 16 heavy (non-hydrogen) atoms. The van der Waals surface area contributed by atoms with Gasteiger partial charge in [-0.25, -0.2) is 4.98 Å². The van der Waals surface area contributed by atoms with E-state index in [1.54, 1.807) is 6.20 Å². The SMILES string of the molecule is CCOc1cccnc1OC1CCCC1N. The van der Waals surface area contributed by atoms with Gasteiger partial charge in [0.1, 0.15) is 6.10 Å². The molecule has 2 N–H and O–H groups in total. The average molecular weight is 222 g/mol. The Balaban J connectivity index is 2.07. The average Bonchev–Trinajstić information content (AvgIpc) is 2.68. The van der Waals surface area contributed by atoms with E-state index in [9.17, 15) is 0 Å². The summed E-state index contributed by atoms with van der Waals surface area (Å²) in [5.74, 6) is 1.26. The largest absolute Gasteiger partial charge is 0.488 e. The van der Waals surface area contributed by atoms with E-state index in [4.69, 9.17) is 15.2 Å². The van der Waals surface area contributed by atoms with Gasteiger partial charge in [-0.05, 0) is 38.3 Å². The lowest BCUT2D eigenvalue weighted by molar-refractivity contribution is 0.172. The van der Waals surface area contributed by atoms with Gasteiger partial charge in [0.05, 0.1) is 6.61 Å². The molecule has 0 spiro atoms. The maximum absolute atomic E-state index is 5.96. The maximum atomic E-state index is 5.96. The smallest absolute Gasteiger partial charge is 0.257 e. The summed E-state index contributed by atoms with van der Waals surface area (Å²) in [5, 5.41) is 0. The fourth-order valence-corrected chi connectivity index (χ4v) is 1.97. The Labute approximate surface area is 95.8 Å².